The Labute approximate surface area is 177 Å². The summed E-state index contributed by atoms with van der Waals surface area (Å²) in [7, 11) is 0. The van der Waals surface area contributed by atoms with E-state index in [2.05, 4.69) is 15.3 Å². The van der Waals surface area contributed by atoms with E-state index in [4.69, 9.17) is 0 Å². The first-order chi connectivity index (χ1) is 14.4. The van der Waals surface area contributed by atoms with E-state index in [0.717, 1.165) is 16.5 Å². The highest BCUT2D eigenvalue weighted by Gasteiger charge is 2.45. The van der Waals surface area contributed by atoms with Gasteiger partial charge in [-0.15, -0.1) is 0 Å². The van der Waals surface area contributed by atoms with E-state index >= 15 is 0 Å². The van der Waals surface area contributed by atoms with Crippen LogP contribution in [0.25, 0.3) is 10.9 Å². The number of amides is 2. The molecule has 0 saturated carbocycles. The molecule has 0 radical (unpaired) electrons. The first kappa shape index (κ1) is 18.6. The van der Waals surface area contributed by atoms with Gasteiger partial charge < -0.3 is 15.2 Å². The smallest absolute Gasteiger partial charge is 0.257 e. The molecule has 5 rings (SSSR count). The van der Waals surface area contributed by atoms with Crippen molar-refractivity contribution in [2.45, 2.75) is 25.8 Å². The van der Waals surface area contributed by atoms with Crippen LogP contribution < -0.4 is 10.2 Å². The van der Waals surface area contributed by atoms with Crippen molar-refractivity contribution in [3.63, 3.8) is 0 Å². The third-order valence-corrected chi connectivity index (χ3v) is 6.28. The molecule has 0 bridgehead atoms. The van der Waals surface area contributed by atoms with Crippen LogP contribution in [0.5, 0.6) is 0 Å². The number of anilines is 2. The summed E-state index contributed by atoms with van der Waals surface area (Å²) < 4.78 is 0. The number of nitrogens with zero attached hydrogens (tertiary/aromatic N) is 2. The zero-order chi connectivity index (χ0) is 20.9. The lowest BCUT2D eigenvalue weighted by Gasteiger charge is -2.19. The molecule has 3 aromatic heterocycles. The van der Waals surface area contributed by atoms with Gasteiger partial charge in [-0.25, -0.2) is 0 Å². The monoisotopic (exact) mass is 416 g/mol. The molecule has 0 saturated heterocycles. The van der Waals surface area contributed by atoms with Crippen molar-refractivity contribution in [1.29, 1.82) is 0 Å². The normalized spacial score (nSPS) is 14.9. The van der Waals surface area contributed by atoms with E-state index in [1.807, 2.05) is 54.9 Å². The summed E-state index contributed by atoms with van der Waals surface area (Å²) in [6, 6.07) is 11.5. The number of fused-ring (bicyclic) bond motifs is 2. The molecular formula is C23H20N4O2S. The zero-order valence-corrected chi connectivity index (χ0v) is 17.4. The van der Waals surface area contributed by atoms with Crippen LogP contribution in [0.3, 0.4) is 0 Å². The van der Waals surface area contributed by atoms with Crippen LogP contribution in [0, 0.1) is 0 Å². The van der Waals surface area contributed by atoms with Crippen molar-refractivity contribution >= 4 is 45.4 Å². The number of carbonyl (C=O) groups is 2. The number of para-hydroxylation sites is 1. The van der Waals surface area contributed by atoms with Gasteiger partial charge in [-0.1, -0.05) is 18.2 Å². The average molecular weight is 417 g/mol. The number of thiophene rings is 1. The third kappa shape index (κ3) is 2.90. The molecule has 2 N–H and O–H groups in total. The minimum Gasteiger partial charge on any atom is -0.359 e. The minimum absolute atomic E-state index is 0.00890. The van der Waals surface area contributed by atoms with Crippen LogP contribution in [0.2, 0.25) is 0 Å². The van der Waals surface area contributed by atoms with Gasteiger partial charge in [0.25, 0.3) is 5.91 Å². The predicted molar refractivity (Wildman–Crippen MR) is 119 cm³/mol. The lowest BCUT2D eigenvalue weighted by molar-refractivity contribution is -0.122. The SMILES string of the molecule is CC1(C)C(=O)N(Cc2ccsc2)c2cc(C(=O)Nc3c[nH]c4ccccc34)cnc21. The maximum Gasteiger partial charge on any atom is 0.257 e. The van der Waals surface area contributed by atoms with Crippen LogP contribution in [0.1, 0.15) is 35.5 Å². The molecule has 0 spiro atoms. The molecular weight excluding hydrogens is 396 g/mol. The summed E-state index contributed by atoms with van der Waals surface area (Å²) in [5.41, 5.74) is 3.81. The fraction of sp³-hybridized carbons (Fsp3) is 0.174. The van der Waals surface area contributed by atoms with E-state index in [1.54, 1.807) is 34.7 Å². The third-order valence-electron chi connectivity index (χ3n) is 5.55. The minimum atomic E-state index is -0.725. The van der Waals surface area contributed by atoms with Crippen LogP contribution in [0.4, 0.5) is 11.4 Å². The molecule has 1 aliphatic rings. The molecule has 0 fully saturated rings. The van der Waals surface area contributed by atoms with Gasteiger partial charge in [0.2, 0.25) is 5.91 Å². The first-order valence-electron chi connectivity index (χ1n) is 9.66. The highest BCUT2D eigenvalue weighted by atomic mass is 32.1. The van der Waals surface area contributed by atoms with Crippen LogP contribution in [-0.2, 0) is 16.8 Å². The van der Waals surface area contributed by atoms with E-state index in [0.29, 0.717) is 29.2 Å². The molecule has 30 heavy (non-hydrogen) atoms. The number of nitrogens with one attached hydrogen (secondary N) is 2. The van der Waals surface area contributed by atoms with Crippen LogP contribution >= 0.6 is 11.3 Å². The van der Waals surface area contributed by atoms with Crippen molar-refractivity contribution in [1.82, 2.24) is 9.97 Å². The van der Waals surface area contributed by atoms with Crippen molar-refractivity contribution < 1.29 is 9.59 Å². The average Bonchev–Trinajstić information content (AvgIpc) is 3.44. The Hall–Kier alpha value is -3.45. The second-order valence-electron chi connectivity index (χ2n) is 7.94. The van der Waals surface area contributed by atoms with Crippen molar-refractivity contribution in [2.24, 2.45) is 0 Å². The topological polar surface area (TPSA) is 78.1 Å². The number of carbonyl (C=O) groups excluding carboxylic acids is 2. The van der Waals surface area contributed by atoms with E-state index in [-0.39, 0.29) is 11.8 Å². The molecule has 6 nitrogen and oxygen atoms in total. The summed E-state index contributed by atoms with van der Waals surface area (Å²) in [6.07, 6.45) is 3.32. The van der Waals surface area contributed by atoms with Crippen LogP contribution in [-0.4, -0.2) is 21.8 Å². The molecule has 1 aliphatic heterocycles. The number of aromatic amines is 1. The molecule has 4 aromatic rings. The van der Waals surface area contributed by atoms with Crippen molar-refractivity contribution in [3.05, 3.63) is 76.4 Å². The highest BCUT2D eigenvalue weighted by molar-refractivity contribution is 7.07. The number of hydrogen-bond acceptors (Lipinski definition) is 4. The Kier molecular flexibility index (Phi) is 4.22. The van der Waals surface area contributed by atoms with E-state index in [9.17, 15) is 9.59 Å². The number of rotatable bonds is 4. The summed E-state index contributed by atoms with van der Waals surface area (Å²) in [5.74, 6) is -0.270. The summed E-state index contributed by atoms with van der Waals surface area (Å²) >= 11 is 1.60. The molecule has 2 amide bonds. The fourth-order valence-corrected chi connectivity index (χ4v) is 4.56. The van der Waals surface area contributed by atoms with Gasteiger partial charge in [0.05, 0.1) is 34.6 Å². The molecule has 0 aliphatic carbocycles. The maximum atomic E-state index is 13.1. The molecule has 0 atom stereocenters. The highest BCUT2D eigenvalue weighted by Crippen LogP contribution is 2.41. The number of benzene rings is 1. The second-order valence-corrected chi connectivity index (χ2v) is 8.72. The first-order valence-corrected chi connectivity index (χ1v) is 10.6. The van der Waals surface area contributed by atoms with Gasteiger partial charge in [-0.05, 0) is 48.4 Å². The number of aromatic nitrogens is 2. The fourth-order valence-electron chi connectivity index (χ4n) is 3.90. The maximum absolute atomic E-state index is 13.1. The van der Waals surface area contributed by atoms with E-state index in [1.165, 1.54) is 0 Å². The molecule has 1 aromatic carbocycles. The lowest BCUT2D eigenvalue weighted by Crippen LogP contribution is -2.35. The predicted octanol–water partition coefficient (Wildman–Crippen LogP) is 4.70. The van der Waals surface area contributed by atoms with Gasteiger partial charge in [0.15, 0.2) is 0 Å². The van der Waals surface area contributed by atoms with Gasteiger partial charge in [-0.3, -0.25) is 14.6 Å². The van der Waals surface area contributed by atoms with Crippen LogP contribution in [0.15, 0.2) is 59.6 Å². The number of H-pyrrole nitrogens is 1. The standard InChI is InChI=1S/C23H20N4O2S/c1-23(2)20-19(27(22(23)29)12-14-7-8-30-13-14)9-15(10-25-20)21(28)26-18-11-24-17-6-4-3-5-16(17)18/h3-11,13,24H,12H2,1-2H3,(H,26,28). The van der Waals surface area contributed by atoms with Gasteiger partial charge in [-0.2, -0.15) is 11.3 Å². The molecule has 7 heteroatoms. The summed E-state index contributed by atoms with van der Waals surface area (Å²) in [6.45, 7) is 4.22. The largest absolute Gasteiger partial charge is 0.359 e. The Balaban J connectivity index is 1.48. The Bertz CT molecular complexity index is 1270. The number of hydrogen-bond donors (Lipinski definition) is 2. The van der Waals surface area contributed by atoms with Crippen molar-refractivity contribution in [3.8, 4) is 0 Å². The molecule has 150 valence electrons. The van der Waals surface area contributed by atoms with E-state index < -0.39 is 5.41 Å². The Morgan fingerprint density at radius 3 is 2.90 bits per heavy atom. The van der Waals surface area contributed by atoms with Crippen molar-refractivity contribution in [2.75, 3.05) is 10.2 Å². The quantitative estimate of drug-likeness (QED) is 0.506. The summed E-state index contributed by atoms with van der Waals surface area (Å²) in [5, 5.41) is 7.91. The lowest BCUT2D eigenvalue weighted by atomic mass is 9.90. The Morgan fingerprint density at radius 2 is 2.10 bits per heavy atom. The Morgan fingerprint density at radius 1 is 1.27 bits per heavy atom. The van der Waals surface area contributed by atoms with Gasteiger partial charge in [0, 0.05) is 23.3 Å². The summed E-state index contributed by atoms with van der Waals surface area (Å²) in [4.78, 5) is 35.4. The van der Waals surface area contributed by atoms with Gasteiger partial charge in [0.1, 0.15) is 0 Å². The molecule has 0 unspecified atom stereocenters. The molecule has 4 heterocycles. The number of pyridine rings is 1. The van der Waals surface area contributed by atoms with Gasteiger partial charge >= 0.3 is 0 Å². The zero-order valence-electron chi connectivity index (χ0n) is 16.6. The second kappa shape index (κ2) is 6.81.